The molecule has 0 bridgehead atoms. The van der Waals surface area contributed by atoms with Gasteiger partial charge in [-0.1, -0.05) is 37.3 Å². The molecule has 2 N–H and O–H groups in total. The van der Waals surface area contributed by atoms with Gasteiger partial charge >= 0.3 is 0 Å². The summed E-state index contributed by atoms with van der Waals surface area (Å²) in [5.74, 6) is 1.38. The van der Waals surface area contributed by atoms with E-state index >= 15 is 0 Å². The highest BCUT2D eigenvalue weighted by Crippen LogP contribution is 2.28. The van der Waals surface area contributed by atoms with Gasteiger partial charge in [-0.2, -0.15) is 0 Å². The molecule has 0 spiro atoms. The number of halogens is 1. The molecule has 1 saturated carbocycles. The van der Waals surface area contributed by atoms with Crippen LogP contribution in [0.2, 0.25) is 0 Å². The molecule has 0 radical (unpaired) electrons. The molecule has 0 aliphatic heterocycles. The number of likely N-dealkylation sites (N-methyl/N-ethyl adjacent to an activating group) is 1. The molecule has 1 aliphatic rings. The summed E-state index contributed by atoms with van der Waals surface area (Å²) < 4.78 is 0. The van der Waals surface area contributed by atoms with Crippen molar-refractivity contribution < 1.29 is 4.79 Å². The maximum atomic E-state index is 11.7. The van der Waals surface area contributed by atoms with Crippen molar-refractivity contribution in [2.24, 2.45) is 10.9 Å². The Hall–Kier alpha value is -1.31. The molecule has 1 aromatic carbocycles. The van der Waals surface area contributed by atoms with Crippen LogP contribution in [0.5, 0.6) is 0 Å². The summed E-state index contributed by atoms with van der Waals surface area (Å²) in [7, 11) is 3.49. The summed E-state index contributed by atoms with van der Waals surface area (Å²) >= 11 is 0. The van der Waals surface area contributed by atoms with Gasteiger partial charge in [0.2, 0.25) is 5.91 Å². The third-order valence-electron chi connectivity index (χ3n) is 3.96. The van der Waals surface area contributed by atoms with Crippen LogP contribution in [-0.2, 0) is 4.79 Å². The third-order valence-corrected chi connectivity index (χ3v) is 3.96. The van der Waals surface area contributed by atoms with E-state index < -0.39 is 0 Å². The number of rotatable bonds is 5. The van der Waals surface area contributed by atoms with Crippen molar-refractivity contribution in [3.8, 4) is 0 Å². The SMILES string of the molecule is CC(NC(=NCC(=O)N(C)C)NC1CC1C)c1ccccc1.I. The van der Waals surface area contributed by atoms with Crippen LogP contribution >= 0.6 is 24.0 Å². The summed E-state index contributed by atoms with van der Waals surface area (Å²) in [6, 6.07) is 10.8. The Kier molecular flexibility index (Phi) is 7.81. The maximum absolute atomic E-state index is 11.7. The number of nitrogens with zero attached hydrogens (tertiary/aromatic N) is 2. The van der Waals surface area contributed by atoms with Crippen LogP contribution < -0.4 is 10.6 Å². The van der Waals surface area contributed by atoms with Gasteiger partial charge < -0.3 is 15.5 Å². The van der Waals surface area contributed by atoms with Crippen LogP contribution in [0.25, 0.3) is 0 Å². The largest absolute Gasteiger partial charge is 0.353 e. The summed E-state index contributed by atoms with van der Waals surface area (Å²) in [4.78, 5) is 17.7. The topological polar surface area (TPSA) is 56.7 Å². The molecule has 0 heterocycles. The van der Waals surface area contributed by atoms with E-state index in [4.69, 9.17) is 0 Å². The molecule has 3 atom stereocenters. The van der Waals surface area contributed by atoms with Crippen molar-refractivity contribution in [2.45, 2.75) is 32.4 Å². The molecule has 1 fully saturated rings. The van der Waals surface area contributed by atoms with Crippen molar-refractivity contribution in [3.63, 3.8) is 0 Å². The summed E-state index contributed by atoms with van der Waals surface area (Å²) in [5, 5.41) is 6.79. The van der Waals surface area contributed by atoms with Crippen LogP contribution in [0.15, 0.2) is 35.3 Å². The number of guanidine groups is 1. The zero-order chi connectivity index (χ0) is 16.1. The molecule has 1 aliphatic carbocycles. The lowest BCUT2D eigenvalue weighted by atomic mass is 10.1. The lowest BCUT2D eigenvalue weighted by Crippen LogP contribution is -2.41. The average Bonchev–Trinajstić information content (AvgIpc) is 3.20. The Bertz CT molecular complexity index is 533. The summed E-state index contributed by atoms with van der Waals surface area (Å²) in [5.41, 5.74) is 1.19. The fourth-order valence-corrected chi connectivity index (χ4v) is 2.15. The van der Waals surface area contributed by atoms with Crippen LogP contribution in [0.1, 0.15) is 31.9 Å². The molecule has 128 valence electrons. The molecule has 0 aromatic heterocycles. The number of hydrogen-bond acceptors (Lipinski definition) is 2. The number of benzene rings is 1. The molecule has 5 nitrogen and oxygen atoms in total. The Balaban J connectivity index is 0.00000264. The zero-order valence-corrected chi connectivity index (χ0v) is 16.6. The minimum absolute atomic E-state index is 0. The predicted molar refractivity (Wildman–Crippen MR) is 105 cm³/mol. The van der Waals surface area contributed by atoms with E-state index in [9.17, 15) is 4.79 Å². The average molecular weight is 430 g/mol. The highest BCUT2D eigenvalue weighted by atomic mass is 127. The second-order valence-corrected chi connectivity index (χ2v) is 6.19. The number of nitrogens with one attached hydrogen (secondary N) is 2. The van der Waals surface area contributed by atoms with E-state index in [2.05, 4.69) is 41.6 Å². The Morgan fingerprint density at radius 1 is 1.35 bits per heavy atom. The second-order valence-electron chi connectivity index (χ2n) is 6.19. The Morgan fingerprint density at radius 2 is 1.96 bits per heavy atom. The van der Waals surface area contributed by atoms with Crippen molar-refractivity contribution in [2.75, 3.05) is 20.6 Å². The van der Waals surface area contributed by atoms with Crippen LogP contribution in [0.4, 0.5) is 0 Å². The van der Waals surface area contributed by atoms with Gasteiger partial charge in [0.25, 0.3) is 0 Å². The van der Waals surface area contributed by atoms with Gasteiger partial charge in [-0.15, -0.1) is 24.0 Å². The van der Waals surface area contributed by atoms with E-state index in [1.54, 1.807) is 19.0 Å². The first-order chi connectivity index (χ1) is 10.5. The molecular formula is C17H27IN4O. The number of carbonyl (C=O) groups excluding carboxylic acids is 1. The number of amides is 1. The van der Waals surface area contributed by atoms with Crippen molar-refractivity contribution >= 4 is 35.8 Å². The van der Waals surface area contributed by atoms with Gasteiger partial charge in [-0.05, 0) is 24.8 Å². The lowest BCUT2D eigenvalue weighted by molar-refractivity contribution is -0.127. The van der Waals surface area contributed by atoms with Crippen LogP contribution in [-0.4, -0.2) is 43.4 Å². The number of carbonyl (C=O) groups is 1. The first kappa shape index (κ1) is 19.7. The third kappa shape index (κ3) is 6.37. The first-order valence-electron chi connectivity index (χ1n) is 7.80. The summed E-state index contributed by atoms with van der Waals surface area (Å²) in [6.07, 6.45) is 1.15. The normalized spacial score (nSPS) is 21.0. The zero-order valence-electron chi connectivity index (χ0n) is 14.2. The standard InChI is InChI=1S/C17H26N4O.HI/c1-12-10-15(12)20-17(18-11-16(22)21(3)4)19-13(2)14-8-6-5-7-9-14;/h5-9,12-13,15H,10-11H2,1-4H3,(H2,18,19,20);1H. The number of hydrogen-bond donors (Lipinski definition) is 2. The quantitative estimate of drug-likeness (QED) is 0.429. The lowest BCUT2D eigenvalue weighted by Gasteiger charge is -2.19. The van der Waals surface area contributed by atoms with Crippen molar-refractivity contribution in [1.82, 2.24) is 15.5 Å². The molecule has 23 heavy (non-hydrogen) atoms. The predicted octanol–water partition coefficient (Wildman–Crippen LogP) is 2.40. The number of aliphatic imine (C=N–C) groups is 1. The smallest absolute Gasteiger partial charge is 0.243 e. The van der Waals surface area contributed by atoms with Crippen LogP contribution in [0.3, 0.4) is 0 Å². The minimum atomic E-state index is -0.00249. The van der Waals surface area contributed by atoms with Gasteiger partial charge in [0, 0.05) is 20.1 Å². The molecule has 2 rings (SSSR count). The van der Waals surface area contributed by atoms with E-state index in [1.165, 1.54) is 5.56 Å². The fourth-order valence-electron chi connectivity index (χ4n) is 2.15. The molecule has 1 amide bonds. The Morgan fingerprint density at radius 3 is 2.48 bits per heavy atom. The van der Waals surface area contributed by atoms with Crippen molar-refractivity contribution in [3.05, 3.63) is 35.9 Å². The van der Waals surface area contributed by atoms with E-state index in [-0.39, 0.29) is 42.5 Å². The van der Waals surface area contributed by atoms with E-state index in [0.717, 1.165) is 6.42 Å². The van der Waals surface area contributed by atoms with Gasteiger partial charge in [0.15, 0.2) is 5.96 Å². The maximum Gasteiger partial charge on any atom is 0.243 e. The van der Waals surface area contributed by atoms with Crippen LogP contribution in [0, 0.1) is 5.92 Å². The molecule has 3 unspecified atom stereocenters. The van der Waals surface area contributed by atoms with Gasteiger partial charge in [-0.25, -0.2) is 4.99 Å². The molecule has 1 aromatic rings. The van der Waals surface area contributed by atoms with Crippen molar-refractivity contribution in [1.29, 1.82) is 0 Å². The Labute approximate surface area is 156 Å². The van der Waals surface area contributed by atoms with Gasteiger partial charge in [0.05, 0.1) is 6.04 Å². The molecule has 0 saturated heterocycles. The highest BCUT2D eigenvalue weighted by molar-refractivity contribution is 14.0. The first-order valence-corrected chi connectivity index (χ1v) is 7.80. The van der Waals surface area contributed by atoms with E-state index in [0.29, 0.717) is 17.9 Å². The fraction of sp³-hybridized carbons (Fsp3) is 0.529. The van der Waals surface area contributed by atoms with Gasteiger partial charge in [-0.3, -0.25) is 4.79 Å². The summed E-state index contributed by atoms with van der Waals surface area (Å²) in [6.45, 7) is 4.46. The molecular weight excluding hydrogens is 403 g/mol. The van der Waals surface area contributed by atoms with Gasteiger partial charge in [0.1, 0.15) is 6.54 Å². The second kappa shape index (κ2) is 9.10. The van der Waals surface area contributed by atoms with E-state index in [1.807, 2.05) is 18.2 Å². The minimum Gasteiger partial charge on any atom is -0.353 e. The highest BCUT2D eigenvalue weighted by Gasteiger charge is 2.33. The monoisotopic (exact) mass is 430 g/mol. The molecule has 6 heteroatoms.